The molecule has 0 amide bonds. The summed E-state index contributed by atoms with van der Waals surface area (Å²) in [5.74, 6) is 0. The molecule has 0 atom stereocenters. The highest BCUT2D eigenvalue weighted by molar-refractivity contribution is 5.16. The van der Waals surface area contributed by atoms with Crippen LogP contribution in [0.4, 0.5) is 0 Å². The van der Waals surface area contributed by atoms with E-state index in [1.54, 1.807) is 0 Å². The topological polar surface area (TPSA) is 29.9 Å². The van der Waals surface area contributed by atoms with E-state index < -0.39 is 0 Å². The lowest BCUT2D eigenvalue weighted by Crippen LogP contribution is -2.17. The summed E-state index contributed by atoms with van der Waals surface area (Å²) >= 11 is 0. The van der Waals surface area contributed by atoms with Crippen molar-refractivity contribution in [3.8, 4) is 0 Å². The number of nitrogens with one attached hydrogen (secondary N) is 1. The van der Waals surface area contributed by atoms with E-state index >= 15 is 0 Å². The van der Waals surface area contributed by atoms with Crippen molar-refractivity contribution in [1.82, 2.24) is 14.9 Å². The summed E-state index contributed by atoms with van der Waals surface area (Å²) in [4.78, 5) is 4.46. The zero-order valence-electron chi connectivity index (χ0n) is 8.38. The first-order chi connectivity index (χ1) is 6.29. The van der Waals surface area contributed by atoms with E-state index in [2.05, 4.69) is 28.7 Å². The minimum Gasteiger partial charge on any atom is -0.332 e. The molecule has 2 rings (SSSR count). The van der Waals surface area contributed by atoms with Crippen LogP contribution in [0.5, 0.6) is 0 Å². The molecule has 1 aromatic heterocycles. The van der Waals surface area contributed by atoms with Crippen LogP contribution in [-0.2, 0) is 12.8 Å². The van der Waals surface area contributed by atoms with E-state index in [9.17, 15) is 0 Å². The molecule has 1 aromatic rings. The summed E-state index contributed by atoms with van der Waals surface area (Å²) in [6.07, 6.45) is 4.18. The minimum absolute atomic E-state index is 0.536. The van der Waals surface area contributed by atoms with Crippen LogP contribution in [0.15, 0.2) is 6.33 Å². The Morgan fingerprint density at radius 1 is 1.38 bits per heavy atom. The summed E-state index contributed by atoms with van der Waals surface area (Å²) in [5, 5.41) is 3.39. The van der Waals surface area contributed by atoms with Crippen LogP contribution in [0, 0.1) is 0 Å². The fourth-order valence-electron chi connectivity index (χ4n) is 1.89. The van der Waals surface area contributed by atoms with E-state index in [0.29, 0.717) is 6.04 Å². The quantitative estimate of drug-likeness (QED) is 0.701. The number of hydrogen-bond donors (Lipinski definition) is 1. The number of aromatic nitrogens is 2. The molecular formula is C10H17N3. The summed E-state index contributed by atoms with van der Waals surface area (Å²) in [6.45, 7) is 6.58. The smallest absolute Gasteiger partial charge is 0.0954 e. The zero-order chi connectivity index (χ0) is 9.26. The Bertz CT molecular complexity index is 288. The second kappa shape index (κ2) is 3.50. The Labute approximate surface area is 79.2 Å². The third kappa shape index (κ3) is 1.61. The Morgan fingerprint density at radius 3 is 2.92 bits per heavy atom. The Balaban J connectivity index is 2.34. The summed E-state index contributed by atoms with van der Waals surface area (Å²) in [7, 11) is 0. The number of hydrogen-bond acceptors (Lipinski definition) is 2. The highest BCUT2D eigenvalue weighted by atomic mass is 15.1. The molecule has 0 aliphatic carbocycles. The van der Waals surface area contributed by atoms with E-state index in [1.807, 2.05) is 6.33 Å². The predicted molar refractivity (Wildman–Crippen MR) is 52.9 cm³/mol. The van der Waals surface area contributed by atoms with Crippen LogP contribution in [0.25, 0.3) is 0 Å². The Morgan fingerprint density at radius 2 is 2.15 bits per heavy atom. The van der Waals surface area contributed by atoms with Crippen molar-refractivity contribution in [1.29, 1.82) is 0 Å². The zero-order valence-corrected chi connectivity index (χ0v) is 8.38. The molecule has 0 saturated carbocycles. The largest absolute Gasteiger partial charge is 0.332 e. The van der Waals surface area contributed by atoms with Gasteiger partial charge >= 0.3 is 0 Å². The number of rotatable bonds is 1. The standard InChI is InChI=1S/C10H17N3/c1-8(2)13-7-12-9-3-5-11-6-4-10(9)13/h7-8,11H,3-6H2,1-2H3. The molecule has 1 aliphatic heterocycles. The van der Waals surface area contributed by atoms with Gasteiger partial charge in [0.05, 0.1) is 12.0 Å². The molecular weight excluding hydrogens is 162 g/mol. The van der Waals surface area contributed by atoms with Crippen molar-refractivity contribution in [3.63, 3.8) is 0 Å². The molecule has 2 heterocycles. The normalized spacial score (nSPS) is 17.2. The van der Waals surface area contributed by atoms with E-state index in [4.69, 9.17) is 0 Å². The van der Waals surface area contributed by atoms with Crippen molar-refractivity contribution < 1.29 is 0 Å². The maximum atomic E-state index is 4.46. The van der Waals surface area contributed by atoms with Crippen LogP contribution in [-0.4, -0.2) is 22.6 Å². The molecule has 3 nitrogen and oxygen atoms in total. The molecule has 0 saturated heterocycles. The highest BCUT2D eigenvalue weighted by Crippen LogP contribution is 2.16. The maximum absolute atomic E-state index is 4.46. The van der Waals surface area contributed by atoms with E-state index in [0.717, 1.165) is 25.9 Å². The molecule has 0 fully saturated rings. The van der Waals surface area contributed by atoms with Gasteiger partial charge in [0, 0.05) is 37.7 Å². The van der Waals surface area contributed by atoms with Gasteiger partial charge < -0.3 is 9.88 Å². The summed E-state index contributed by atoms with van der Waals surface area (Å²) in [5.41, 5.74) is 2.72. The molecule has 3 heteroatoms. The van der Waals surface area contributed by atoms with Gasteiger partial charge in [0.1, 0.15) is 0 Å². The minimum atomic E-state index is 0.536. The average molecular weight is 179 g/mol. The van der Waals surface area contributed by atoms with Crippen LogP contribution in [0.1, 0.15) is 31.3 Å². The molecule has 1 aliphatic rings. The first kappa shape index (κ1) is 8.75. The average Bonchev–Trinajstić information content (AvgIpc) is 2.36. The first-order valence-electron chi connectivity index (χ1n) is 5.04. The van der Waals surface area contributed by atoms with Crippen LogP contribution in [0.2, 0.25) is 0 Å². The third-order valence-corrected chi connectivity index (χ3v) is 2.62. The predicted octanol–water partition coefficient (Wildman–Crippen LogP) is 1.15. The number of nitrogens with zero attached hydrogens (tertiary/aromatic N) is 2. The second-order valence-corrected chi connectivity index (χ2v) is 3.89. The second-order valence-electron chi connectivity index (χ2n) is 3.89. The lowest BCUT2D eigenvalue weighted by molar-refractivity contribution is 0.568. The van der Waals surface area contributed by atoms with Gasteiger partial charge in [-0.1, -0.05) is 0 Å². The molecule has 0 radical (unpaired) electrons. The summed E-state index contributed by atoms with van der Waals surface area (Å²) in [6, 6.07) is 0.536. The monoisotopic (exact) mass is 179 g/mol. The fourth-order valence-corrected chi connectivity index (χ4v) is 1.89. The van der Waals surface area contributed by atoms with Gasteiger partial charge in [0.2, 0.25) is 0 Å². The van der Waals surface area contributed by atoms with Gasteiger partial charge in [-0.15, -0.1) is 0 Å². The Kier molecular flexibility index (Phi) is 2.36. The lowest BCUT2D eigenvalue weighted by atomic mass is 10.2. The molecule has 13 heavy (non-hydrogen) atoms. The molecule has 0 aromatic carbocycles. The van der Waals surface area contributed by atoms with Gasteiger partial charge in [-0.3, -0.25) is 0 Å². The molecule has 0 spiro atoms. The van der Waals surface area contributed by atoms with Crippen molar-refractivity contribution >= 4 is 0 Å². The van der Waals surface area contributed by atoms with Crippen molar-refractivity contribution in [2.24, 2.45) is 0 Å². The van der Waals surface area contributed by atoms with E-state index in [1.165, 1.54) is 11.4 Å². The Hall–Kier alpha value is -0.830. The van der Waals surface area contributed by atoms with Gasteiger partial charge in [-0.25, -0.2) is 4.98 Å². The molecule has 0 bridgehead atoms. The third-order valence-electron chi connectivity index (χ3n) is 2.62. The van der Waals surface area contributed by atoms with Gasteiger partial charge in [0.25, 0.3) is 0 Å². The van der Waals surface area contributed by atoms with Crippen LogP contribution < -0.4 is 5.32 Å². The van der Waals surface area contributed by atoms with Crippen molar-refractivity contribution in [2.75, 3.05) is 13.1 Å². The first-order valence-corrected chi connectivity index (χ1v) is 5.04. The maximum Gasteiger partial charge on any atom is 0.0954 e. The lowest BCUT2D eigenvalue weighted by Gasteiger charge is -2.11. The van der Waals surface area contributed by atoms with Gasteiger partial charge in [-0.05, 0) is 13.8 Å². The van der Waals surface area contributed by atoms with E-state index in [-0.39, 0.29) is 0 Å². The van der Waals surface area contributed by atoms with Crippen molar-refractivity contribution in [3.05, 3.63) is 17.7 Å². The van der Waals surface area contributed by atoms with Gasteiger partial charge in [-0.2, -0.15) is 0 Å². The van der Waals surface area contributed by atoms with Crippen LogP contribution >= 0.6 is 0 Å². The van der Waals surface area contributed by atoms with Gasteiger partial charge in [0.15, 0.2) is 0 Å². The van der Waals surface area contributed by atoms with Crippen LogP contribution in [0.3, 0.4) is 0 Å². The SMILES string of the molecule is CC(C)n1cnc2c1CCNCC2. The number of imidazole rings is 1. The molecule has 1 N–H and O–H groups in total. The fraction of sp³-hybridized carbons (Fsp3) is 0.700. The van der Waals surface area contributed by atoms with Crippen molar-refractivity contribution in [2.45, 2.75) is 32.7 Å². The molecule has 0 unspecified atom stereocenters. The highest BCUT2D eigenvalue weighted by Gasteiger charge is 2.14. The summed E-state index contributed by atoms with van der Waals surface area (Å²) < 4.78 is 2.29. The molecule has 72 valence electrons. The number of fused-ring (bicyclic) bond motifs is 1.